The molecule has 108 valence electrons. The topological polar surface area (TPSA) is 56.5 Å². The van der Waals surface area contributed by atoms with Gasteiger partial charge >= 0.3 is 0 Å². The summed E-state index contributed by atoms with van der Waals surface area (Å²) in [5.41, 5.74) is 0. The first kappa shape index (κ1) is 14.7. The van der Waals surface area contributed by atoms with Gasteiger partial charge in [-0.1, -0.05) is 17.8 Å². The van der Waals surface area contributed by atoms with Crippen molar-refractivity contribution in [1.29, 1.82) is 0 Å². The Morgan fingerprint density at radius 2 is 2.05 bits per heavy atom. The summed E-state index contributed by atoms with van der Waals surface area (Å²) in [6.45, 7) is 2.06. The van der Waals surface area contributed by atoms with Crippen molar-refractivity contribution in [2.24, 2.45) is 7.05 Å². The van der Waals surface area contributed by atoms with E-state index in [1.807, 2.05) is 29.1 Å². The molecule has 3 aromatic heterocycles. The van der Waals surface area contributed by atoms with Crippen LogP contribution in [-0.4, -0.2) is 24.7 Å². The number of halogens is 1. The highest BCUT2D eigenvalue weighted by molar-refractivity contribution is 9.10. The maximum absolute atomic E-state index is 4.33. The molecule has 0 N–H and O–H groups in total. The van der Waals surface area contributed by atoms with E-state index in [1.165, 1.54) is 0 Å². The van der Waals surface area contributed by atoms with Gasteiger partial charge in [-0.15, -0.1) is 21.5 Å². The van der Waals surface area contributed by atoms with E-state index >= 15 is 0 Å². The highest BCUT2D eigenvalue weighted by Crippen LogP contribution is 2.33. The van der Waals surface area contributed by atoms with Crippen molar-refractivity contribution in [2.75, 3.05) is 0 Å². The fourth-order valence-corrected chi connectivity index (χ4v) is 3.61. The minimum atomic E-state index is 0.109. The molecule has 3 aromatic rings. The monoisotopic (exact) mass is 381 g/mol. The molecule has 0 aromatic carbocycles. The Bertz CT molecular complexity index is 724. The Kier molecular flexibility index (Phi) is 4.37. The zero-order chi connectivity index (χ0) is 14.8. The van der Waals surface area contributed by atoms with Gasteiger partial charge in [0, 0.05) is 19.4 Å². The third-order valence-corrected chi connectivity index (χ3v) is 5.27. The highest BCUT2D eigenvalue weighted by Gasteiger charge is 2.17. The predicted octanol–water partition coefficient (Wildman–Crippen LogP) is 3.95. The molecule has 0 bridgehead atoms. The summed E-state index contributed by atoms with van der Waals surface area (Å²) in [5.74, 6) is 1.67. The molecule has 1 unspecified atom stereocenters. The number of thiophene rings is 1. The zero-order valence-electron chi connectivity index (χ0n) is 11.4. The SMILES string of the molecule is CC(Sc1nnc(-c2cccs2)n1C)c1ncc(Br)cn1. The van der Waals surface area contributed by atoms with Crippen LogP contribution in [0.2, 0.25) is 0 Å². The van der Waals surface area contributed by atoms with Crippen molar-refractivity contribution in [3.8, 4) is 10.7 Å². The molecule has 0 spiro atoms. The van der Waals surface area contributed by atoms with E-state index in [-0.39, 0.29) is 5.25 Å². The van der Waals surface area contributed by atoms with Crippen molar-refractivity contribution >= 4 is 39.0 Å². The van der Waals surface area contributed by atoms with E-state index in [2.05, 4.69) is 43.0 Å². The van der Waals surface area contributed by atoms with Gasteiger partial charge in [-0.25, -0.2) is 9.97 Å². The van der Waals surface area contributed by atoms with Crippen molar-refractivity contribution in [3.63, 3.8) is 0 Å². The fourth-order valence-electron chi connectivity index (χ4n) is 1.78. The number of hydrogen-bond donors (Lipinski definition) is 0. The number of thioether (sulfide) groups is 1. The van der Waals surface area contributed by atoms with Gasteiger partial charge in [-0.05, 0) is 34.3 Å². The smallest absolute Gasteiger partial charge is 0.191 e. The van der Waals surface area contributed by atoms with Gasteiger partial charge in [-0.2, -0.15) is 0 Å². The molecular formula is C13H12BrN5S2. The predicted molar refractivity (Wildman–Crippen MR) is 88.3 cm³/mol. The summed E-state index contributed by atoms with van der Waals surface area (Å²) >= 11 is 6.60. The maximum Gasteiger partial charge on any atom is 0.191 e. The number of aromatic nitrogens is 5. The molecule has 0 aliphatic heterocycles. The molecule has 21 heavy (non-hydrogen) atoms. The van der Waals surface area contributed by atoms with E-state index in [4.69, 9.17) is 0 Å². The van der Waals surface area contributed by atoms with E-state index in [0.29, 0.717) is 0 Å². The van der Waals surface area contributed by atoms with Crippen molar-refractivity contribution in [3.05, 3.63) is 40.2 Å². The van der Waals surface area contributed by atoms with Crippen molar-refractivity contribution in [2.45, 2.75) is 17.3 Å². The summed E-state index contributed by atoms with van der Waals surface area (Å²) in [5, 5.41) is 11.5. The normalized spacial score (nSPS) is 12.5. The molecule has 3 heterocycles. The van der Waals surface area contributed by atoms with Gasteiger partial charge in [0.25, 0.3) is 0 Å². The van der Waals surface area contributed by atoms with Crippen molar-refractivity contribution < 1.29 is 0 Å². The summed E-state index contributed by atoms with van der Waals surface area (Å²) in [6, 6.07) is 4.06. The first-order valence-electron chi connectivity index (χ1n) is 6.22. The van der Waals surface area contributed by atoms with E-state index in [9.17, 15) is 0 Å². The lowest BCUT2D eigenvalue weighted by Crippen LogP contribution is -1.99. The number of nitrogens with zero attached hydrogens (tertiary/aromatic N) is 5. The van der Waals surface area contributed by atoms with Crippen LogP contribution in [-0.2, 0) is 7.05 Å². The molecule has 0 fully saturated rings. The molecule has 0 aliphatic rings. The largest absolute Gasteiger partial charge is 0.304 e. The number of hydrogen-bond acceptors (Lipinski definition) is 6. The molecule has 8 heteroatoms. The molecule has 5 nitrogen and oxygen atoms in total. The fraction of sp³-hybridized carbons (Fsp3) is 0.231. The Labute approximate surface area is 139 Å². The van der Waals surface area contributed by atoms with E-state index < -0.39 is 0 Å². The van der Waals surface area contributed by atoms with Crippen molar-refractivity contribution in [1.82, 2.24) is 24.7 Å². The molecule has 1 atom stereocenters. The van der Waals surface area contributed by atoms with E-state index in [0.717, 1.165) is 26.2 Å². The first-order chi connectivity index (χ1) is 10.1. The second-order valence-corrected chi connectivity index (χ2v) is 7.53. The minimum Gasteiger partial charge on any atom is -0.304 e. The number of rotatable bonds is 4. The van der Waals surface area contributed by atoms with Crippen LogP contribution in [0.25, 0.3) is 10.7 Å². The van der Waals surface area contributed by atoms with Gasteiger partial charge in [-0.3, -0.25) is 0 Å². The Morgan fingerprint density at radius 1 is 1.29 bits per heavy atom. The van der Waals surface area contributed by atoms with Crippen LogP contribution in [0.3, 0.4) is 0 Å². The van der Waals surface area contributed by atoms with Crippen LogP contribution in [0.5, 0.6) is 0 Å². The standard InChI is InChI=1S/C13H12BrN5S2/c1-8(11-15-6-9(14)7-16-11)21-13-18-17-12(19(13)2)10-4-3-5-20-10/h3-8H,1-2H3. The van der Waals surface area contributed by atoms with Crippen LogP contribution in [0.15, 0.2) is 39.5 Å². The Morgan fingerprint density at radius 3 is 2.71 bits per heavy atom. The van der Waals surface area contributed by atoms with Gasteiger partial charge < -0.3 is 4.57 Å². The van der Waals surface area contributed by atoms with Gasteiger partial charge in [0.05, 0.1) is 14.6 Å². The molecule has 0 saturated heterocycles. The molecular weight excluding hydrogens is 370 g/mol. The summed E-state index contributed by atoms with van der Waals surface area (Å²) < 4.78 is 2.88. The second kappa shape index (κ2) is 6.25. The second-order valence-electron chi connectivity index (χ2n) is 4.36. The summed E-state index contributed by atoms with van der Waals surface area (Å²) in [6.07, 6.45) is 3.51. The lowest BCUT2D eigenvalue weighted by molar-refractivity contribution is 0.787. The summed E-state index contributed by atoms with van der Waals surface area (Å²) in [4.78, 5) is 9.77. The average Bonchev–Trinajstić information content (AvgIpc) is 3.10. The average molecular weight is 382 g/mol. The van der Waals surface area contributed by atoms with Gasteiger partial charge in [0.1, 0.15) is 5.82 Å². The van der Waals surface area contributed by atoms with E-state index in [1.54, 1.807) is 35.5 Å². The Hall–Kier alpha value is -1.25. The van der Waals surface area contributed by atoms with Crippen LogP contribution in [0, 0.1) is 0 Å². The molecule has 0 amide bonds. The van der Waals surface area contributed by atoms with Crippen LogP contribution >= 0.6 is 39.0 Å². The van der Waals surface area contributed by atoms with Crippen LogP contribution in [0.4, 0.5) is 0 Å². The lowest BCUT2D eigenvalue weighted by atomic mass is 10.4. The lowest BCUT2D eigenvalue weighted by Gasteiger charge is -2.09. The third-order valence-electron chi connectivity index (χ3n) is 2.86. The molecule has 0 aliphatic carbocycles. The first-order valence-corrected chi connectivity index (χ1v) is 8.77. The Balaban J connectivity index is 1.81. The maximum atomic E-state index is 4.33. The highest BCUT2D eigenvalue weighted by atomic mass is 79.9. The zero-order valence-corrected chi connectivity index (χ0v) is 14.6. The molecule has 3 rings (SSSR count). The minimum absolute atomic E-state index is 0.109. The molecule has 0 saturated carbocycles. The van der Waals surface area contributed by atoms with Gasteiger partial charge in [0.2, 0.25) is 0 Å². The van der Waals surface area contributed by atoms with Crippen LogP contribution in [0.1, 0.15) is 18.0 Å². The molecule has 0 radical (unpaired) electrons. The summed E-state index contributed by atoms with van der Waals surface area (Å²) in [7, 11) is 1.98. The third kappa shape index (κ3) is 3.17. The van der Waals surface area contributed by atoms with Crippen LogP contribution < -0.4 is 0 Å². The van der Waals surface area contributed by atoms with Gasteiger partial charge in [0.15, 0.2) is 11.0 Å². The quantitative estimate of drug-likeness (QED) is 0.640.